The summed E-state index contributed by atoms with van der Waals surface area (Å²) in [5, 5.41) is 0.135. The average Bonchev–Trinajstić information content (AvgIpc) is 3.19. The van der Waals surface area contributed by atoms with Gasteiger partial charge in [0.2, 0.25) is 0 Å². The first kappa shape index (κ1) is 14.3. The summed E-state index contributed by atoms with van der Waals surface area (Å²) in [7, 11) is -3.56. The van der Waals surface area contributed by atoms with E-state index >= 15 is 0 Å². The van der Waals surface area contributed by atoms with Gasteiger partial charge in [-0.15, -0.1) is 0 Å². The summed E-state index contributed by atoms with van der Waals surface area (Å²) in [6.45, 7) is 1.93. The minimum Gasteiger partial charge on any atom is -0.333 e. The summed E-state index contributed by atoms with van der Waals surface area (Å²) >= 11 is 0. The summed E-state index contributed by atoms with van der Waals surface area (Å²) < 4.78 is 29.6. The molecular weight excluding hydrogens is 290 g/mol. The Labute approximate surface area is 123 Å². The minimum atomic E-state index is -3.56. The maximum Gasteiger partial charge on any atom is 0.257 e. The van der Waals surface area contributed by atoms with Crippen molar-refractivity contribution >= 4 is 10.0 Å². The minimum absolute atomic E-state index is 0.113. The molecule has 2 aromatic rings. The Bertz CT molecular complexity index is 692. The van der Waals surface area contributed by atoms with Crippen molar-refractivity contribution in [3.8, 4) is 0 Å². The molecule has 1 saturated carbocycles. The summed E-state index contributed by atoms with van der Waals surface area (Å²) in [6.07, 6.45) is 10.2. The zero-order valence-corrected chi connectivity index (χ0v) is 12.7. The highest BCUT2D eigenvalue weighted by atomic mass is 32.2. The first-order valence-electron chi connectivity index (χ1n) is 7.14. The fourth-order valence-electron chi connectivity index (χ4n) is 2.82. The van der Waals surface area contributed by atoms with Crippen molar-refractivity contribution in [2.75, 3.05) is 0 Å². The molecule has 0 spiro atoms. The fraction of sp³-hybridized carbons (Fsp3) is 0.538. The van der Waals surface area contributed by atoms with Crippen LogP contribution in [0.2, 0.25) is 0 Å². The van der Waals surface area contributed by atoms with Crippen molar-refractivity contribution in [3.05, 3.63) is 30.7 Å². The third-order valence-electron chi connectivity index (χ3n) is 3.92. The maximum atomic E-state index is 12.4. The van der Waals surface area contributed by atoms with Crippen LogP contribution in [0.5, 0.6) is 0 Å². The highest BCUT2D eigenvalue weighted by Gasteiger charge is 2.32. The van der Waals surface area contributed by atoms with Gasteiger partial charge in [0.1, 0.15) is 5.82 Å². The van der Waals surface area contributed by atoms with Crippen LogP contribution in [0.4, 0.5) is 0 Å². The SMILES string of the molecule is CCc1ncc(S(=O)(=O)NC2CCCC2n2ccnc2)[nH]1. The van der Waals surface area contributed by atoms with Crippen LogP contribution in [0.15, 0.2) is 29.9 Å². The topological polar surface area (TPSA) is 92.7 Å². The highest BCUT2D eigenvalue weighted by Crippen LogP contribution is 2.30. The van der Waals surface area contributed by atoms with Crippen LogP contribution in [-0.2, 0) is 16.4 Å². The number of aromatic nitrogens is 4. The molecule has 0 bridgehead atoms. The summed E-state index contributed by atoms with van der Waals surface area (Å²) in [6, 6.07) is 0.00779. The predicted octanol–water partition coefficient (Wildman–Crippen LogP) is 1.24. The normalized spacial score (nSPS) is 22.7. The number of hydrogen-bond donors (Lipinski definition) is 2. The molecule has 0 saturated heterocycles. The van der Waals surface area contributed by atoms with Gasteiger partial charge in [0.05, 0.1) is 18.6 Å². The Morgan fingerprint density at radius 3 is 3.00 bits per heavy atom. The Kier molecular flexibility index (Phi) is 3.81. The number of imidazole rings is 2. The number of H-pyrrole nitrogens is 1. The number of nitrogens with one attached hydrogen (secondary N) is 2. The smallest absolute Gasteiger partial charge is 0.257 e. The van der Waals surface area contributed by atoms with Crippen LogP contribution in [0.1, 0.15) is 38.1 Å². The van der Waals surface area contributed by atoms with E-state index in [-0.39, 0.29) is 17.1 Å². The van der Waals surface area contributed by atoms with Crippen LogP contribution in [-0.4, -0.2) is 34.0 Å². The van der Waals surface area contributed by atoms with Gasteiger partial charge in [0, 0.05) is 24.9 Å². The lowest BCUT2D eigenvalue weighted by molar-refractivity contribution is 0.430. The highest BCUT2D eigenvalue weighted by molar-refractivity contribution is 7.89. The number of aromatic amines is 1. The first-order valence-corrected chi connectivity index (χ1v) is 8.62. The Morgan fingerprint density at radius 1 is 1.48 bits per heavy atom. The maximum absolute atomic E-state index is 12.4. The van der Waals surface area contributed by atoms with Crippen molar-refractivity contribution in [2.24, 2.45) is 0 Å². The Hall–Kier alpha value is -1.67. The van der Waals surface area contributed by atoms with Crippen molar-refractivity contribution in [1.82, 2.24) is 24.2 Å². The van der Waals surface area contributed by atoms with E-state index in [0.717, 1.165) is 19.3 Å². The molecule has 0 amide bonds. The second-order valence-corrected chi connectivity index (χ2v) is 6.97. The molecule has 3 rings (SSSR count). The van der Waals surface area contributed by atoms with Crippen LogP contribution >= 0.6 is 0 Å². The van der Waals surface area contributed by atoms with Gasteiger partial charge in [-0.25, -0.2) is 23.1 Å². The Balaban J connectivity index is 1.78. The number of nitrogens with zero attached hydrogens (tertiary/aromatic N) is 3. The molecule has 0 aliphatic heterocycles. The van der Waals surface area contributed by atoms with E-state index in [1.54, 1.807) is 12.5 Å². The van der Waals surface area contributed by atoms with E-state index in [1.165, 1.54) is 6.20 Å². The number of hydrogen-bond acceptors (Lipinski definition) is 4. The molecule has 21 heavy (non-hydrogen) atoms. The molecule has 2 unspecified atom stereocenters. The lowest BCUT2D eigenvalue weighted by atomic mass is 10.2. The number of sulfonamides is 1. The molecule has 2 heterocycles. The van der Waals surface area contributed by atoms with Gasteiger partial charge in [0.15, 0.2) is 5.03 Å². The van der Waals surface area contributed by atoms with E-state index in [0.29, 0.717) is 12.2 Å². The monoisotopic (exact) mass is 309 g/mol. The predicted molar refractivity (Wildman–Crippen MR) is 77.2 cm³/mol. The zero-order chi connectivity index (χ0) is 14.9. The van der Waals surface area contributed by atoms with Crippen molar-refractivity contribution in [2.45, 2.75) is 49.7 Å². The zero-order valence-electron chi connectivity index (χ0n) is 11.9. The molecule has 8 heteroatoms. The van der Waals surface area contributed by atoms with Gasteiger partial charge in [0.25, 0.3) is 10.0 Å². The fourth-order valence-corrected chi connectivity index (χ4v) is 4.07. The summed E-state index contributed by atoms with van der Waals surface area (Å²) in [5.74, 6) is 0.674. The molecule has 2 atom stereocenters. The largest absolute Gasteiger partial charge is 0.333 e. The van der Waals surface area contributed by atoms with Crippen LogP contribution in [0.25, 0.3) is 0 Å². The van der Waals surface area contributed by atoms with Crippen molar-refractivity contribution in [3.63, 3.8) is 0 Å². The second-order valence-electron chi connectivity index (χ2n) is 5.28. The van der Waals surface area contributed by atoms with E-state index in [2.05, 4.69) is 19.7 Å². The van der Waals surface area contributed by atoms with Gasteiger partial charge < -0.3 is 9.55 Å². The molecule has 0 aromatic carbocycles. The van der Waals surface area contributed by atoms with Crippen LogP contribution in [0, 0.1) is 0 Å². The second kappa shape index (κ2) is 5.61. The van der Waals surface area contributed by atoms with Gasteiger partial charge in [-0.1, -0.05) is 6.92 Å². The van der Waals surface area contributed by atoms with Crippen molar-refractivity contribution in [1.29, 1.82) is 0 Å². The van der Waals surface area contributed by atoms with E-state index in [4.69, 9.17) is 0 Å². The third-order valence-corrected chi connectivity index (χ3v) is 5.32. The standard InChI is InChI=1S/C13H19N5O2S/c1-2-12-15-8-13(16-12)21(19,20)17-10-4-3-5-11(10)18-7-6-14-9-18/h6-11,17H,2-5H2,1H3,(H,15,16). The van der Waals surface area contributed by atoms with Crippen LogP contribution in [0.3, 0.4) is 0 Å². The third kappa shape index (κ3) is 2.86. The molecule has 7 nitrogen and oxygen atoms in total. The van der Waals surface area contributed by atoms with Gasteiger partial charge >= 0.3 is 0 Å². The van der Waals surface area contributed by atoms with Crippen molar-refractivity contribution < 1.29 is 8.42 Å². The van der Waals surface area contributed by atoms with Gasteiger partial charge in [-0.05, 0) is 19.3 Å². The summed E-state index contributed by atoms with van der Waals surface area (Å²) in [5.41, 5.74) is 0. The lowest BCUT2D eigenvalue weighted by Gasteiger charge is -2.21. The molecule has 2 N–H and O–H groups in total. The molecule has 1 fully saturated rings. The van der Waals surface area contributed by atoms with Gasteiger partial charge in [-0.2, -0.15) is 0 Å². The molecule has 1 aliphatic rings. The van der Waals surface area contributed by atoms with E-state index in [9.17, 15) is 8.42 Å². The average molecular weight is 309 g/mol. The van der Waals surface area contributed by atoms with E-state index < -0.39 is 10.0 Å². The Morgan fingerprint density at radius 2 is 2.33 bits per heavy atom. The molecule has 0 radical (unpaired) electrons. The molecule has 1 aliphatic carbocycles. The van der Waals surface area contributed by atoms with Crippen LogP contribution < -0.4 is 4.72 Å². The van der Waals surface area contributed by atoms with Gasteiger partial charge in [-0.3, -0.25) is 0 Å². The number of rotatable bonds is 5. The quantitative estimate of drug-likeness (QED) is 0.869. The molecule has 2 aromatic heterocycles. The summed E-state index contributed by atoms with van der Waals surface area (Å²) in [4.78, 5) is 10.9. The lowest BCUT2D eigenvalue weighted by Crippen LogP contribution is -2.38. The first-order chi connectivity index (χ1) is 10.1. The molecular formula is C13H19N5O2S. The van der Waals surface area contributed by atoms with E-state index in [1.807, 2.05) is 17.7 Å². The molecule has 114 valence electrons. The number of aryl methyl sites for hydroxylation is 1.